The van der Waals surface area contributed by atoms with Gasteiger partial charge in [0, 0.05) is 0 Å². The van der Waals surface area contributed by atoms with Crippen molar-refractivity contribution >= 4 is 62.2 Å². The topological polar surface area (TPSA) is 76.1 Å². The fraction of sp³-hybridized carbons (Fsp3) is 0.150. The molecule has 2 aromatic carbocycles. The molecule has 0 unspecified atom stereocenters. The summed E-state index contributed by atoms with van der Waals surface area (Å²) < 4.78 is 25.3. The molecule has 0 atom stereocenters. The Morgan fingerprint density at radius 1 is 1.37 bits per heavy atom. The normalized spacial score (nSPS) is 15.0. The summed E-state index contributed by atoms with van der Waals surface area (Å²) in [6.45, 7) is -0.345. The third kappa shape index (κ3) is 5.18. The van der Waals surface area contributed by atoms with E-state index in [1.807, 2.05) is 0 Å². The number of amides is 1. The largest absolute Gasteiger partial charge is 0.493 e. The highest BCUT2D eigenvalue weighted by atomic mass is 79.9. The van der Waals surface area contributed by atoms with Gasteiger partial charge in [0.05, 0.1) is 16.5 Å². The number of methoxy groups -OCH3 is 1. The summed E-state index contributed by atoms with van der Waals surface area (Å²) in [7, 11) is 1.48. The zero-order valence-corrected chi connectivity index (χ0v) is 18.8. The maximum absolute atomic E-state index is 13.4. The van der Waals surface area contributed by atoms with Gasteiger partial charge in [0.15, 0.2) is 11.5 Å². The molecule has 0 aromatic heterocycles. The molecule has 1 saturated heterocycles. The monoisotopic (exact) mass is 511 g/mol. The van der Waals surface area contributed by atoms with Crippen molar-refractivity contribution in [3.05, 3.63) is 62.7 Å². The van der Waals surface area contributed by atoms with E-state index in [0.29, 0.717) is 32.0 Å². The second-order valence-electron chi connectivity index (χ2n) is 6.11. The first kappa shape index (κ1) is 22.3. The summed E-state index contributed by atoms with van der Waals surface area (Å²) in [6, 6.07) is 9.49. The Hall–Kier alpha value is -2.43. The van der Waals surface area contributed by atoms with Crippen LogP contribution in [0.5, 0.6) is 11.5 Å². The van der Waals surface area contributed by atoms with Crippen LogP contribution in [0.4, 0.5) is 4.39 Å². The molecule has 0 spiro atoms. The van der Waals surface area contributed by atoms with Crippen molar-refractivity contribution in [3.8, 4) is 11.5 Å². The van der Waals surface area contributed by atoms with E-state index in [1.165, 1.54) is 19.2 Å². The van der Waals surface area contributed by atoms with Gasteiger partial charge in [-0.2, -0.15) is 0 Å². The molecule has 1 fully saturated rings. The second-order valence-corrected chi connectivity index (χ2v) is 8.64. The number of hydrogen-bond acceptors (Lipinski definition) is 6. The Kier molecular flexibility index (Phi) is 7.11. The lowest BCUT2D eigenvalue weighted by molar-refractivity contribution is -0.140. The minimum absolute atomic E-state index is 0.139. The quantitative estimate of drug-likeness (QED) is 0.434. The van der Waals surface area contributed by atoms with Crippen molar-refractivity contribution < 1.29 is 28.6 Å². The summed E-state index contributed by atoms with van der Waals surface area (Å²) in [5, 5.41) is 8.93. The van der Waals surface area contributed by atoms with Crippen LogP contribution in [-0.2, 0) is 16.2 Å². The van der Waals surface area contributed by atoms with Crippen molar-refractivity contribution in [2.24, 2.45) is 0 Å². The number of nitrogens with zero attached hydrogens (tertiary/aromatic N) is 1. The third-order valence-electron chi connectivity index (χ3n) is 3.99. The van der Waals surface area contributed by atoms with E-state index < -0.39 is 18.4 Å². The standard InChI is InChI=1S/C20H15BrFNO5S2/c1-27-15-7-12(8-16-19(26)23(9-17(24)25)20(29)30-16)6-14(21)18(15)28-10-11-3-2-4-13(22)5-11/h2-8H,9-10H2,1H3,(H,24,25)/b16-8+. The first-order valence-electron chi connectivity index (χ1n) is 8.50. The van der Waals surface area contributed by atoms with Gasteiger partial charge < -0.3 is 14.6 Å². The molecule has 1 N–H and O–H groups in total. The Labute approximate surface area is 189 Å². The highest BCUT2D eigenvalue weighted by Gasteiger charge is 2.33. The molecule has 0 saturated carbocycles. The smallest absolute Gasteiger partial charge is 0.323 e. The van der Waals surface area contributed by atoms with Gasteiger partial charge in [-0.3, -0.25) is 14.5 Å². The SMILES string of the molecule is COc1cc(/C=C2/SC(=S)N(CC(=O)O)C2=O)cc(Br)c1OCc1cccc(F)c1. The van der Waals surface area contributed by atoms with Crippen LogP contribution in [0, 0.1) is 5.82 Å². The first-order chi connectivity index (χ1) is 14.3. The zero-order chi connectivity index (χ0) is 21.8. The molecule has 6 nitrogen and oxygen atoms in total. The van der Waals surface area contributed by atoms with Gasteiger partial charge in [-0.15, -0.1) is 0 Å². The maximum Gasteiger partial charge on any atom is 0.323 e. The summed E-state index contributed by atoms with van der Waals surface area (Å²) in [4.78, 5) is 24.7. The number of carbonyl (C=O) groups excluding carboxylic acids is 1. The highest BCUT2D eigenvalue weighted by molar-refractivity contribution is 9.10. The third-order valence-corrected chi connectivity index (χ3v) is 5.96. The summed E-state index contributed by atoms with van der Waals surface area (Å²) >= 11 is 9.57. The molecule has 30 heavy (non-hydrogen) atoms. The van der Waals surface area contributed by atoms with Crippen LogP contribution in [-0.4, -0.2) is 39.9 Å². The number of hydrogen-bond donors (Lipinski definition) is 1. The number of carboxylic acid groups (broad SMARTS) is 1. The predicted octanol–water partition coefficient (Wildman–Crippen LogP) is 4.46. The van der Waals surface area contributed by atoms with Gasteiger partial charge in [-0.1, -0.05) is 36.1 Å². The molecule has 3 rings (SSSR count). The van der Waals surface area contributed by atoms with Gasteiger partial charge in [0.2, 0.25) is 0 Å². The van der Waals surface area contributed by atoms with E-state index in [4.69, 9.17) is 26.8 Å². The van der Waals surface area contributed by atoms with Crippen molar-refractivity contribution in [2.45, 2.75) is 6.61 Å². The van der Waals surface area contributed by atoms with Crippen LogP contribution >= 0.6 is 39.9 Å². The van der Waals surface area contributed by atoms with Crippen LogP contribution in [0.15, 0.2) is 45.8 Å². The summed E-state index contributed by atoms with van der Waals surface area (Å²) in [5.74, 6) is -1.12. The Bertz CT molecular complexity index is 1060. The van der Waals surface area contributed by atoms with Crippen molar-refractivity contribution in [1.29, 1.82) is 0 Å². The molecule has 10 heteroatoms. The number of thioether (sulfide) groups is 1. The minimum atomic E-state index is -1.14. The van der Waals surface area contributed by atoms with Gasteiger partial charge in [-0.05, 0) is 57.4 Å². The van der Waals surface area contributed by atoms with Gasteiger partial charge >= 0.3 is 5.97 Å². The van der Waals surface area contributed by atoms with Crippen LogP contribution in [0.25, 0.3) is 6.08 Å². The predicted molar refractivity (Wildman–Crippen MR) is 119 cm³/mol. The average Bonchev–Trinajstić information content (AvgIpc) is 2.94. The minimum Gasteiger partial charge on any atom is -0.493 e. The van der Waals surface area contributed by atoms with E-state index in [0.717, 1.165) is 16.7 Å². The van der Waals surface area contributed by atoms with Gasteiger partial charge in [0.1, 0.15) is 23.3 Å². The average molecular weight is 512 g/mol. The number of aliphatic carboxylic acids is 1. The lowest BCUT2D eigenvalue weighted by Crippen LogP contribution is -2.33. The number of rotatable bonds is 7. The number of benzene rings is 2. The summed E-state index contributed by atoms with van der Waals surface area (Å²) in [5.41, 5.74) is 1.29. The van der Waals surface area contributed by atoms with Crippen molar-refractivity contribution in [3.63, 3.8) is 0 Å². The second kappa shape index (κ2) is 9.59. The molecule has 0 bridgehead atoms. The number of ether oxygens (including phenoxy) is 2. The van der Waals surface area contributed by atoms with E-state index in [1.54, 1.807) is 30.3 Å². The first-order valence-corrected chi connectivity index (χ1v) is 10.5. The molecule has 156 valence electrons. The number of thiocarbonyl (C=S) groups is 1. The van der Waals surface area contributed by atoms with Crippen LogP contribution < -0.4 is 9.47 Å². The van der Waals surface area contributed by atoms with Crippen LogP contribution in [0.1, 0.15) is 11.1 Å². The van der Waals surface area contributed by atoms with Crippen molar-refractivity contribution in [2.75, 3.05) is 13.7 Å². The number of carbonyl (C=O) groups is 2. The Balaban J connectivity index is 1.83. The Morgan fingerprint density at radius 2 is 2.13 bits per heavy atom. The number of halogens is 2. The van der Waals surface area contributed by atoms with Crippen molar-refractivity contribution in [1.82, 2.24) is 4.90 Å². The molecule has 1 heterocycles. The van der Waals surface area contributed by atoms with E-state index >= 15 is 0 Å². The molecular weight excluding hydrogens is 497 g/mol. The zero-order valence-electron chi connectivity index (χ0n) is 15.6. The molecular formula is C20H15BrFNO5S2. The van der Waals surface area contributed by atoms with Crippen LogP contribution in [0.2, 0.25) is 0 Å². The molecule has 0 radical (unpaired) electrons. The van der Waals surface area contributed by atoms with Crippen LogP contribution in [0.3, 0.4) is 0 Å². The van der Waals surface area contributed by atoms with Gasteiger partial charge in [0.25, 0.3) is 5.91 Å². The molecule has 1 aliphatic rings. The number of carboxylic acids is 1. The summed E-state index contributed by atoms with van der Waals surface area (Å²) in [6.07, 6.45) is 1.60. The lowest BCUT2D eigenvalue weighted by Gasteiger charge is -2.14. The molecule has 2 aromatic rings. The lowest BCUT2D eigenvalue weighted by atomic mass is 10.1. The molecule has 0 aliphatic carbocycles. The molecule has 1 aliphatic heterocycles. The Morgan fingerprint density at radius 3 is 2.80 bits per heavy atom. The molecule has 1 amide bonds. The van der Waals surface area contributed by atoms with Gasteiger partial charge in [-0.25, -0.2) is 4.39 Å². The fourth-order valence-corrected chi connectivity index (χ4v) is 4.50. The van der Waals surface area contributed by atoms with E-state index in [-0.39, 0.29) is 16.7 Å². The van der Waals surface area contributed by atoms with E-state index in [9.17, 15) is 14.0 Å². The highest BCUT2D eigenvalue weighted by Crippen LogP contribution is 2.39. The maximum atomic E-state index is 13.4. The fourth-order valence-electron chi connectivity index (χ4n) is 2.67. The van der Waals surface area contributed by atoms with E-state index in [2.05, 4.69) is 15.9 Å².